The summed E-state index contributed by atoms with van der Waals surface area (Å²) >= 11 is 0. The molecular weight excluding hydrogens is 564 g/mol. The quantitative estimate of drug-likeness (QED) is 0.184. The molecule has 2 saturated carbocycles. The molecule has 224 valence electrons. The van der Waals surface area contributed by atoms with E-state index in [0.717, 1.165) is 57.2 Å². The molecule has 0 heterocycles. The van der Waals surface area contributed by atoms with Crippen molar-refractivity contribution in [3.8, 4) is 0 Å². The molecule has 0 spiro atoms. The molecule has 0 saturated heterocycles. The van der Waals surface area contributed by atoms with Crippen LogP contribution in [0.25, 0.3) is 10.8 Å². The maximum atomic E-state index is 13.9. The predicted molar refractivity (Wildman–Crippen MR) is 185 cm³/mol. The van der Waals surface area contributed by atoms with Crippen LogP contribution >= 0.6 is 0 Å². The zero-order valence-corrected chi connectivity index (χ0v) is 25.4. The second-order valence-corrected chi connectivity index (χ2v) is 12.6. The average Bonchev–Trinajstić information content (AvgIpc) is 4.05. The fourth-order valence-electron chi connectivity index (χ4n) is 7.68. The highest BCUT2D eigenvalue weighted by molar-refractivity contribution is 6.10. The molecule has 2 aliphatic rings. The van der Waals surface area contributed by atoms with Crippen molar-refractivity contribution in [2.24, 2.45) is 11.8 Å². The SMILES string of the molecule is O=C(Nc1cccc2c(NC(=O)C3CC3(c3ccccc3)c3ccccc3)cccc12)C1CC1(c1ccccc1)c1ccccc1. The van der Waals surface area contributed by atoms with Crippen LogP contribution < -0.4 is 10.6 Å². The summed E-state index contributed by atoms with van der Waals surface area (Å²) in [6.45, 7) is 0. The van der Waals surface area contributed by atoms with Gasteiger partial charge in [-0.25, -0.2) is 0 Å². The molecule has 4 heteroatoms. The Bertz CT molecular complexity index is 1810. The Morgan fingerprint density at radius 3 is 1.02 bits per heavy atom. The first kappa shape index (κ1) is 28.0. The molecule has 2 unspecified atom stereocenters. The highest BCUT2D eigenvalue weighted by Crippen LogP contribution is 2.60. The molecule has 8 rings (SSSR count). The maximum absolute atomic E-state index is 13.9. The normalized spacial score (nSPS) is 18.8. The van der Waals surface area contributed by atoms with E-state index in [9.17, 15) is 9.59 Å². The largest absolute Gasteiger partial charge is 0.325 e. The molecular formula is C42H34N2O2. The Morgan fingerprint density at radius 2 is 0.717 bits per heavy atom. The molecule has 2 fully saturated rings. The van der Waals surface area contributed by atoms with Crippen molar-refractivity contribution in [1.82, 2.24) is 0 Å². The minimum Gasteiger partial charge on any atom is -0.325 e. The molecule has 4 nitrogen and oxygen atoms in total. The van der Waals surface area contributed by atoms with Crippen LogP contribution in [0.2, 0.25) is 0 Å². The Labute approximate surface area is 269 Å². The second-order valence-electron chi connectivity index (χ2n) is 12.6. The highest BCUT2D eigenvalue weighted by Gasteiger charge is 2.61. The molecule has 46 heavy (non-hydrogen) atoms. The third-order valence-corrected chi connectivity index (χ3v) is 10.1. The lowest BCUT2D eigenvalue weighted by Crippen LogP contribution is -2.23. The van der Waals surface area contributed by atoms with E-state index in [1.165, 1.54) is 0 Å². The second kappa shape index (κ2) is 11.1. The molecule has 2 atom stereocenters. The Hall–Kier alpha value is -5.48. The van der Waals surface area contributed by atoms with Crippen LogP contribution in [-0.4, -0.2) is 11.8 Å². The van der Waals surface area contributed by atoms with Crippen LogP contribution in [0.15, 0.2) is 158 Å². The molecule has 2 N–H and O–H groups in total. The van der Waals surface area contributed by atoms with Gasteiger partial charge in [0.15, 0.2) is 0 Å². The maximum Gasteiger partial charge on any atom is 0.228 e. The van der Waals surface area contributed by atoms with Gasteiger partial charge >= 0.3 is 0 Å². The number of carbonyl (C=O) groups is 2. The smallest absolute Gasteiger partial charge is 0.228 e. The van der Waals surface area contributed by atoms with Gasteiger partial charge in [-0.3, -0.25) is 9.59 Å². The lowest BCUT2D eigenvalue weighted by Gasteiger charge is -2.20. The van der Waals surface area contributed by atoms with E-state index in [2.05, 4.69) is 59.2 Å². The van der Waals surface area contributed by atoms with Gasteiger partial charge in [0.1, 0.15) is 0 Å². The van der Waals surface area contributed by atoms with E-state index in [4.69, 9.17) is 0 Å². The molecule has 6 aromatic rings. The molecule has 2 amide bonds. The summed E-state index contributed by atoms with van der Waals surface area (Å²) < 4.78 is 0. The van der Waals surface area contributed by atoms with Crippen LogP contribution in [0.4, 0.5) is 11.4 Å². The van der Waals surface area contributed by atoms with Gasteiger partial charge in [-0.1, -0.05) is 146 Å². The Balaban J connectivity index is 1.06. The number of fused-ring (bicyclic) bond motifs is 1. The fourth-order valence-corrected chi connectivity index (χ4v) is 7.68. The molecule has 2 aliphatic carbocycles. The van der Waals surface area contributed by atoms with Crippen LogP contribution in [0, 0.1) is 11.8 Å². The number of anilines is 2. The van der Waals surface area contributed by atoms with Gasteiger partial charge in [-0.15, -0.1) is 0 Å². The molecule has 0 aromatic heterocycles. The van der Waals surface area contributed by atoms with E-state index in [-0.39, 0.29) is 34.5 Å². The van der Waals surface area contributed by atoms with E-state index < -0.39 is 0 Å². The lowest BCUT2D eigenvalue weighted by molar-refractivity contribution is -0.118. The summed E-state index contributed by atoms with van der Waals surface area (Å²) in [5.74, 6) is -0.366. The predicted octanol–water partition coefficient (Wildman–Crippen LogP) is 8.73. The zero-order valence-electron chi connectivity index (χ0n) is 25.4. The Morgan fingerprint density at radius 1 is 0.413 bits per heavy atom. The first-order valence-electron chi connectivity index (χ1n) is 16.0. The third-order valence-electron chi connectivity index (χ3n) is 10.1. The molecule has 0 radical (unpaired) electrons. The zero-order chi connectivity index (χ0) is 31.1. The van der Waals surface area contributed by atoms with Gasteiger partial charge < -0.3 is 10.6 Å². The number of hydrogen-bond donors (Lipinski definition) is 2. The van der Waals surface area contributed by atoms with Gasteiger partial charge in [0, 0.05) is 33.0 Å². The average molecular weight is 599 g/mol. The number of rotatable bonds is 8. The standard InChI is InChI=1S/C42H34N2O2/c45-39(35-27-41(35,29-15-5-1-6-16-29)30-17-7-2-8-18-30)43-37-25-13-24-34-33(37)23-14-26-38(34)44-40(46)36-28-42(36,31-19-9-3-10-20-31)32-21-11-4-12-22-32/h1-26,35-36H,27-28H2,(H,43,45)(H,44,46). The van der Waals surface area contributed by atoms with Gasteiger partial charge in [-0.05, 0) is 47.2 Å². The first-order chi connectivity index (χ1) is 22.6. The highest BCUT2D eigenvalue weighted by atomic mass is 16.2. The first-order valence-corrected chi connectivity index (χ1v) is 16.0. The van der Waals surface area contributed by atoms with E-state index in [1.807, 2.05) is 109 Å². The van der Waals surface area contributed by atoms with Gasteiger partial charge in [0.2, 0.25) is 11.8 Å². The lowest BCUT2D eigenvalue weighted by atomic mass is 9.85. The number of benzene rings is 6. The van der Waals surface area contributed by atoms with E-state index in [1.54, 1.807) is 0 Å². The minimum atomic E-state index is -0.343. The van der Waals surface area contributed by atoms with Crippen molar-refractivity contribution in [3.63, 3.8) is 0 Å². The van der Waals surface area contributed by atoms with Gasteiger partial charge in [0.25, 0.3) is 0 Å². The van der Waals surface area contributed by atoms with Crippen molar-refractivity contribution in [3.05, 3.63) is 180 Å². The van der Waals surface area contributed by atoms with Crippen molar-refractivity contribution in [2.45, 2.75) is 23.7 Å². The monoisotopic (exact) mass is 598 g/mol. The molecule has 6 aromatic carbocycles. The summed E-state index contributed by atoms with van der Waals surface area (Å²) in [6.07, 6.45) is 1.51. The third kappa shape index (κ3) is 4.60. The van der Waals surface area contributed by atoms with E-state index in [0.29, 0.717) is 0 Å². The fraction of sp³-hybridized carbons (Fsp3) is 0.143. The summed E-state index contributed by atoms with van der Waals surface area (Å²) in [4.78, 5) is 27.8. The van der Waals surface area contributed by atoms with Crippen LogP contribution in [0.5, 0.6) is 0 Å². The molecule has 0 aliphatic heterocycles. The summed E-state index contributed by atoms with van der Waals surface area (Å²) in [7, 11) is 0. The summed E-state index contributed by atoms with van der Waals surface area (Å²) in [6, 6.07) is 53.1. The van der Waals surface area contributed by atoms with Crippen molar-refractivity contribution in [2.75, 3.05) is 10.6 Å². The van der Waals surface area contributed by atoms with Crippen molar-refractivity contribution in [1.29, 1.82) is 0 Å². The number of amides is 2. The minimum absolute atomic E-state index is 0.00290. The number of nitrogens with one attached hydrogen (secondary N) is 2. The van der Waals surface area contributed by atoms with Crippen molar-refractivity contribution >= 4 is 34.0 Å². The van der Waals surface area contributed by atoms with Gasteiger partial charge in [0.05, 0.1) is 11.8 Å². The van der Waals surface area contributed by atoms with Crippen LogP contribution in [-0.2, 0) is 20.4 Å². The van der Waals surface area contributed by atoms with E-state index >= 15 is 0 Å². The number of hydrogen-bond acceptors (Lipinski definition) is 2. The summed E-state index contributed by atoms with van der Waals surface area (Å²) in [5.41, 5.74) is 5.44. The topological polar surface area (TPSA) is 58.2 Å². The number of carbonyl (C=O) groups excluding carboxylic acids is 2. The van der Waals surface area contributed by atoms with Gasteiger partial charge in [-0.2, -0.15) is 0 Å². The van der Waals surface area contributed by atoms with Crippen LogP contribution in [0.1, 0.15) is 35.1 Å². The molecule has 0 bridgehead atoms. The summed E-state index contributed by atoms with van der Waals surface area (Å²) in [5, 5.41) is 8.31. The Kier molecular flexibility index (Phi) is 6.79. The van der Waals surface area contributed by atoms with Crippen molar-refractivity contribution < 1.29 is 9.59 Å². The van der Waals surface area contributed by atoms with Crippen LogP contribution in [0.3, 0.4) is 0 Å².